The molecule has 1 unspecified atom stereocenters. The molecule has 9 heteroatoms. The highest BCUT2D eigenvalue weighted by Crippen LogP contribution is 2.37. The Morgan fingerprint density at radius 3 is 2.71 bits per heavy atom. The molecule has 0 spiro atoms. The summed E-state index contributed by atoms with van der Waals surface area (Å²) in [5.41, 5.74) is 11.3. The molecule has 3 aromatic rings. The molecule has 1 aromatic heterocycles. The van der Waals surface area contributed by atoms with Crippen LogP contribution < -0.4 is 11.1 Å². The maximum Gasteiger partial charge on any atom is 0.250 e. The topological polar surface area (TPSA) is 121 Å². The number of hydrogen-bond donors (Lipinski definition) is 4. The van der Waals surface area contributed by atoms with Gasteiger partial charge in [0, 0.05) is 61.6 Å². The highest BCUT2D eigenvalue weighted by molar-refractivity contribution is 7.89. The number of nitrogens with one attached hydrogen (secondary N) is 2. The molecule has 38 heavy (non-hydrogen) atoms. The van der Waals surface area contributed by atoms with Gasteiger partial charge in [0.1, 0.15) is 5.75 Å². The zero-order valence-corrected chi connectivity index (χ0v) is 23.5. The van der Waals surface area contributed by atoms with Crippen molar-refractivity contribution in [1.82, 2.24) is 19.5 Å². The average Bonchev–Trinajstić information content (AvgIpc) is 3.35. The SMILES string of the molecule is C[C@@H](CO)NCc1cccc(-c2cc(C(N)=O)c3[nH]cc(C4CCN([S+]([O-])CCCN(C)C)CC4)c3c2)c1. The van der Waals surface area contributed by atoms with Crippen molar-refractivity contribution in [2.24, 2.45) is 5.73 Å². The van der Waals surface area contributed by atoms with Gasteiger partial charge < -0.3 is 30.6 Å². The van der Waals surface area contributed by atoms with E-state index < -0.39 is 17.3 Å². The molecule has 206 valence electrons. The van der Waals surface area contributed by atoms with Crippen LogP contribution in [0.1, 0.15) is 53.6 Å². The van der Waals surface area contributed by atoms with E-state index in [1.165, 1.54) is 5.56 Å². The Morgan fingerprint density at radius 1 is 1.26 bits per heavy atom. The Labute approximate surface area is 228 Å². The van der Waals surface area contributed by atoms with Crippen LogP contribution in [0, 0.1) is 0 Å². The molecule has 1 fully saturated rings. The lowest BCUT2D eigenvalue weighted by molar-refractivity contribution is 0.100. The molecule has 1 aliphatic heterocycles. The second kappa shape index (κ2) is 13.1. The number of carbonyl (C=O) groups is 1. The molecule has 0 aliphatic carbocycles. The van der Waals surface area contributed by atoms with Crippen molar-refractivity contribution in [1.29, 1.82) is 0 Å². The van der Waals surface area contributed by atoms with E-state index in [4.69, 9.17) is 5.73 Å². The summed E-state index contributed by atoms with van der Waals surface area (Å²) >= 11 is -0.940. The number of fused-ring (bicyclic) bond motifs is 1. The molecule has 4 rings (SSSR count). The van der Waals surface area contributed by atoms with Gasteiger partial charge in [-0.05, 0) is 80.2 Å². The predicted octanol–water partition coefficient (Wildman–Crippen LogP) is 3.20. The number of aliphatic hydroxyl groups is 1. The zero-order valence-electron chi connectivity index (χ0n) is 22.7. The van der Waals surface area contributed by atoms with E-state index in [0.717, 1.165) is 66.5 Å². The fourth-order valence-corrected chi connectivity index (χ4v) is 6.43. The molecule has 2 atom stereocenters. The number of primary amides is 1. The summed E-state index contributed by atoms with van der Waals surface area (Å²) in [5, 5.41) is 13.6. The largest absolute Gasteiger partial charge is 0.598 e. The molecule has 2 heterocycles. The third kappa shape index (κ3) is 6.97. The molecule has 8 nitrogen and oxygen atoms in total. The number of hydrogen-bond acceptors (Lipinski definition) is 6. The minimum atomic E-state index is -0.940. The van der Waals surface area contributed by atoms with E-state index in [1.807, 2.05) is 51.5 Å². The van der Waals surface area contributed by atoms with Gasteiger partial charge in [0.15, 0.2) is 0 Å². The molecule has 1 saturated heterocycles. The maximum absolute atomic E-state index is 12.8. The first-order valence-electron chi connectivity index (χ1n) is 13.4. The summed E-state index contributed by atoms with van der Waals surface area (Å²) in [4.78, 5) is 17.9. The van der Waals surface area contributed by atoms with Crippen molar-refractivity contribution in [3.05, 3.63) is 59.3 Å². The van der Waals surface area contributed by atoms with Crippen molar-refractivity contribution in [2.45, 2.75) is 44.7 Å². The third-order valence-electron chi connectivity index (χ3n) is 7.38. The van der Waals surface area contributed by atoms with Crippen LogP contribution in [0.2, 0.25) is 0 Å². The minimum Gasteiger partial charge on any atom is -0.598 e. The molecular weight excluding hydrogens is 498 g/mol. The Bertz CT molecular complexity index is 1220. The second-order valence-electron chi connectivity index (χ2n) is 10.6. The first kappa shape index (κ1) is 28.6. The number of rotatable bonds is 12. The van der Waals surface area contributed by atoms with E-state index in [1.54, 1.807) is 0 Å². The number of nitrogens with zero attached hydrogens (tertiary/aromatic N) is 2. The Morgan fingerprint density at radius 2 is 2.03 bits per heavy atom. The standard InChI is InChI=1S/C29H41N5O3S/c1-20(19-35)31-17-21-6-4-7-23(14-21)24-15-25-27(18-32-28(25)26(16-24)29(30)36)22-8-11-34(12-9-22)38(37)13-5-10-33(2)3/h4,6-7,14-16,18,20,22,31-32,35H,5,8-13,17,19H2,1-3H3,(H2,30,36)/t20-,38?/m0/s1. The van der Waals surface area contributed by atoms with Gasteiger partial charge in [0.25, 0.3) is 5.91 Å². The van der Waals surface area contributed by atoms with Crippen LogP contribution in [0.5, 0.6) is 0 Å². The molecule has 1 aliphatic rings. The molecule has 0 saturated carbocycles. The van der Waals surface area contributed by atoms with Gasteiger partial charge in [-0.25, -0.2) is 0 Å². The maximum atomic E-state index is 12.8. The van der Waals surface area contributed by atoms with Crippen LogP contribution in [-0.4, -0.2) is 81.9 Å². The number of H-pyrrole nitrogens is 1. The van der Waals surface area contributed by atoms with E-state index in [2.05, 4.69) is 31.6 Å². The van der Waals surface area contributed by atoms with E-state index in [9.17, 15) is 14.5 Å². The number of benzene rings is 2. The van der Waals surface area contributed by atoms with Crippen molar-refractivity contribution >= 4 is 28.2 Å². The Balaban J connectivity index is 1.55. The number of aromatic nitrogens is 1. The van der Waals surface area contributed by atoms with Crippen LogP contribution in [0.3, 0.4) is 0 Å². The Hall–Kier alpha value is -2.40. The molecule has 1 amide bonds. The molecule has 2 aromatic carbocycles. The number of piperidine rings is 1. The van der Waals surface area contributed by atoms with E-state index in [0.29, 0.717) is 23.8 Å². The lowest BCUT2D eigenvalue weighted by Crippen LogP contribution is -2.39. The van der Waals surface area contributed by atoms with E-state index in [-0.39, 0.29) is 12.6 Å². The summed E-state index contributed by atoms with van der Waals surface area (Å²) in [6.07, 6.45) is 4.80. The number of amides is 1. The average molecular weight is 540 g/mol. The van der Waals surface area contributed by atoms with Gasteiger partial charge in [0.05, 0.1) is 17.7 Å². The third-order valence-corrected chi connectivity index (χ3v) is 8.96. The predicted molar refractivity (Wildman–Crippen MR) is 155 cm³/mol. The lowest BCUT2D eigenvalue weighted by atomic mass is 9.88. The van der Waals surface area contributed by atoms with Crippen molar-refractivity contribution < 1.29 is 14.5 Å². The van der Waals surface area contributed by atoms with Crippen LogP contribution in [0.15, 0.2) is 42.6 Å². The number of nitrogens with two attached hydrogens (primary N) is 1. The van der Waals surface area contributed by atoms with Crippen molar-refractivity contribution in [3.8, 4) is 11.1 Å². The van der Waals surface area contributed by atoms with E-state index >= 15 is 0 Å². The molecule has 0 radical (unpaired) electrons. The summed E-state index contributed by atoms with van der Waals surface area (Å²) in [6.45, 7) is 5.22. The van der Waals surface area contributed by atoms with Crippen LogP contribution >= 0.6 is 0 Å². The van der Waals surface area contributed by atoms with Crippen LogP contribution in [-0.2, 0) is 17.9 Å². The fraction of sp³-hybridized carbons (Fsp3) is 0.483. The second-order valence-corrected chi connectivity index (χ2v) is 12.2. The van der Waals surface area contributed by atoms with Crippen LogP contribution in [0.4, 0.5) is 0 Å². The smallest absolute Gasteiger partial charge is 0.250 e. The van der Waals surface area contributed by atoms with Crippen LogP contribution in [0.25, 0.3) is 22.0 Å². The van der Waals surface area contributed by atoms with Gasteiger partial charge in [-0.3, -0.25) is 4.79 Å². The normalized spacial score (nSPS) is 16.8. The molecule has 5 N–H and O–H groups in total. The quantitative estimate of drug-likeness (QED) is 0.262. The first-order valence-corrected chi connectivity index (χ1v) is 14.7. The van der Waals surface area contributed by atoms with Gasteiger partial charge in [0.2, 0.25) is 0 Å². The minimum absolute atomic E-state index is 0.0146. The van der Waals surface area contributed by atoms with Crippen molar-refractivity contribution in [3.63, 3.8) is 0 Å². The zero-order chi connectivity index (χ0) is 27.2. The van der Waals surface area contributed by atoms with Gasteiger partial charge in [-0.15, -0.1) is 4.31 Å². The summed E-state index contributed by atoms with van der Waals surface area (Å²) in [5.74, 6) is 0.572. The number of aromatic amines is 1. The highest BCUT2D eigenvalue weighted by atomic mass is 32.2. The highest BCUT2D eigenvalue weighted by Gasteiger charge is 2.29. The summed E-state index contributed by atoms with van der Waals surface area (Å²) < 4.78 is 14.9. The summed E-state index contributed by atoms with van der Waals surface area (Å²) in [7, 11) is 4.08. The van der Waals surface area contributed by atoms with Crippen molar-refractivity contribution in [2.75, 3.05) is 46.1 Å². The van der Waals surface area contributed by atoms with Gasteiger partial charge in [-0.2, -0.15) is 0 Å². The molecule has 0 bridgehead atoms. The van der Waals surface area contributed by atoms with Gasteiger partial charge in [-0.1, -0.05) is 18.2 Å². The summed E-state index contributed by atoms with van der Waals surface area (Å²) in [6, 6.07) is 12.3. The molecular formula is C29H41N5O3S. The lowest BCUT2D eigenvalue weighted by Gasteiger charge is -2.32. The number of aliphatic hydroxyl groups excluding tert-OH is 1. The number of carbonyl (C=O) groups excluding carboxylic acids is 1. The fourth-order valence-electron chi connectivity index (χ4n) is 5.17. The monoisotopic (exact) mass is 539 g/mol. The first-order chi connectivity index (χ1) is 18.3. The van der Waals surface area contributed by atoms with Gasteiger partial charge >= 0.3 is 0 Å². The Kier molecular flexibility index (Phi) is 9.86.